The zero-order chi connectivity index (χ0) is 34.5. The van der Waals surface area contributed by atoms with E-state index in [0.717, 1.165) is 54.4 Å². The molecule has 1 saturated heterocycles. The molecule has 0 aliphatic carbocycles. The van der Waals surface area contributed by atoms with Crippen molar-refractivity contribution >= 4 is 23.8 Å². The normalized spacial score (nSPS) is 14.7. The molecule has 4 rings (SSSR count). The molecule has 0 spiro atoms. The maximum atomic E-state index is 12.5. The van der Waals surface area contributed by atoms with E-state index in [1.807, 2.05) is 0 Å². The Morgan fingerprint density at radius 3 is 2.04 bits per heavy atom. The van der Waals surface area contributed by atoms with Crippen LogP contribution in [0.1, 0.15) is 24.0 Å². The highest BCUT2D eigenvalue weighted by Gasteiger charge is 2.38. The van der Waals surface area contributed by atoms with E-state index in [4.69, 9.17) is 14.2 Å². The number of urea groups is 1. The molecule has 1 unspecified atom stereocenters. The fraction of sp³-hybridized carbons (Fsp3) is 0.345. The molecule has 17 heteroatoms. The van der Waals surface area contributed by atoms with Gasteiger partial charge >= 0.3 is 24.5 Å². The number of aliphatic hydroxyl groups excluding tert-OH is 1. The number of β-amino-alcohol motifs (C(OH)–C–C–N with tert-alkyl or cyclic N) is 1. The predicted molar refractivity (Wildman–Crippen MR) is 153 cm³/mol. The van der Waals surface area contributed by atoms with Gasteiger partial charge in [-0.3, -0.25) is 5.32 Å². The number of alkyl halides is 6. The molecule has 0 saturated carbocycles. The van der Waals surface area contributed by atoms with E-state index in [1.54, 1.807) is 44.6 Å². The molecule has 46 heavy (non-hydrogen) atoms. The second kappa shape index (κ2) is 17.2. The van der Waals surface area contributed by atoms with Gasteiger partial charge in [-0.1, -0.05) is 18.2 Å². The van der Waals surface area contributed by atoms with E-state index in [1.165, 1.54) is 11.9 Å². The number of methoxy groups -OCH3 is 2. The van der Waals surface area contributed by atoms with Gasteiger partial charge in [0.25, 0.3) is 0 Å². The molecule has 0 radical (unpaired) electrons. The quantitative estimate of drug-likeness (QED) is 0.174. The Morgan fingerprint density at radius 2 is 1.57 bits per heavy atom. The van der Waals surface area contributed by atoms with Crippen molar-refractivity contribution in [2.45, 2.75) is 37.7 Å². The number of rotatable bonds is 7. The highest BCUT2D eigenvalue weighted by molar-refractivity contribution is 5.93. The van der Waals surface area contributed by atoms with Crippen molar-refractivity contribution in [3.05, 3.63) is 85.0 Å². The van der Waals surface area contributed by atoms with E-state index in [0.29, 0.717) is 0 Å². The van der Waals surface area contributed by atoms with Gasteiger partial charge in [0.15, 0.2) is 12.5 Å². The Hall–Kier alpha value is -4.61. The predicted octanol–water partition coefficient (Wildman–Crippen LogP) is 6.22. The summed E-state index contributed by atoms with van der Waals surface area (Å²) in [5.41, 5.74) is -1.82. The number of anilines is 2. The lowest BCUT2D eigenvalue weighted by Crippen LogP contribution is -2.35. The summed E-state index contributed by atoms with van der Waals surface area (Å²) in [6.45, 7) is 3.69. The lowest BCUT2D eigenvalue weighted by atomic mass is 10.2. The van der Waals surface area contributed by atoms with E-state index >= 15 is 0 Å². The van der Waals surface area contributed by atoms with Crippen LogP contribution in [0.5, 0.6) is 5.75 Å². The van der Waals surface area contributed by atoms with Crippen molar-refractivity contribution in [3.8, 4) is 5.75 Å². The number of pyridine rings is 2. The monoisotopic (exact) mass is 660 g/mol. The minimum atomic E-state index is -4.52. The number of carbonyl (C=O) groups excluding carboxylic acids is 2. The number of likely N-dealkylation sites (N-methyl/N-ethyl adjacent to an activating group) is 1. The molecule has 11 nitrogen and oxygen atoms in total. The molecule has 250 valence electrons. The molecule has 1 aliphatic rings. The van der Waals surface area contributed by atoms with Gasteiger partial charge in [0.1, 0.15) is 17.4 Å². The summed E-state index contributed by atoms with van der Waals surface area (Å²) in [5.74, 6) is -0.176. The number of nitrogens with one attached hydrogen (secondary N) is 1. The minimum absolute atomic E-state index is 0.0246. The van der Waals surface area contributed by atoms with Crippen LogP contribution in [0.15, 0.2) is 67.0 Å². The summed E-state index contributed by atoms with van der Waals surface area (Å²) >= 11 is 0. The molecular formula is C29H32F6N5O6+. The number of halogens is 6. The third-order valence-corrected chi connectivity index (χ3v) is 5.82. The number of para-hydroxylation sites is 1. The summed E-state index contributed by atoms with van der Waals surface area (Å²) in [4.78, 5) is 32.5. The summed E-state index contributed by atoms with van der Waals surface area (Å²) in [6.07, 6.45) is -7.55. The molecule has 1 fully saturated rings. The lowest BCUT2D eigenvalue weighted by molar-refractivity contribution is -0.138. The number of aromatic nitrogens is 2. The van der Waals surface area contributed by atoms with Crippen molar-refractivity contribution in [2.75, 3.05) is 38.0 Å². The number of aliphatic hydroxyl groups is 1. The van der Waals surface area contributed by atoms with Gasteiger partial charge in [0, 0.05) is 40.1 Å². The van der Waals surface area contributed by atoms with Crippen LogP contribution in [0.3, 0.4) is 0 Å². The molecule has 3 aromatic rings. The standard InChI is InChI=1S/C13H9F3N2O2.C10H10F3N3O2.C6H13O2/c14-13(15,16)9-6-7-17-11(8-9)18-12(19)20-10-4-2-1-3-5-10;1-15-5-8(17)16(9(15)18)7-4-6(2-3-14-7)10(11,12)13;1-4-5-6(7-2)8-3/h1-8H,(H,17,18,19);2-4,8,17H,5H2,1H3;6H,1,4-5H2,2-3H3/q;;+1. The number of ether oxygens (including phenoxy) is 3. The van der Waals surface area contributed by atoms with Crippen LogP contribution < -0.4 is 15.0 Å². The Balaban J connectivity index is 0.000000262. The average molecular weight is 661 g/mol. The van der Waals surface area contributed by atoms with Crippen molar-refractivity contribution in [2.24, 2.45) is 0 Å². The highest BCUT2D eigenvalue weighted by atomic mass is 19.4. The second-order valence-electron chi connectivity index (χ2n) is 9.21. The topological polar surface area (TPSA) is 126 Å². The number of nitrogens with zero attached hydrogens (tertiary/aromatic N) is 4. The SMILES string of the molecule is CN1CC(O)N(c2cc(C(F)(F)F)ccn2)C1=O.O=C(Nc1cc(C(F)(F)F)ccn1)Oc1ccccc1.[CH2+]CCC(OC)OC. The van der Waals surface area contributed by atoms with Crippen LogP contribution in [0.25, 0.3) is 0 Å². The number of hydrogen-bond donors (Lipinski definition) is 2. The van der Waals surface area contributed by atoms with Crippen LogP contribution in [0.4, 0.5) is 47.6 Å². The Labute approximate surface area is 260 Å². The van der Waals surface area contributed by atoms with Crippen molar-refractivity contribution in [1.29, 1.82) is 0 Å². The molecule has 3 heterocycles. The van der Waals surface area contributed by atoms with Gasteiger partial charge in [0.05, 0.1) is 31.0 Å². The van der Waals surface area contributed by atoms with Crippen LogP contribution in [-0.4, -0.2) is 72.4 Å². The molecule has 2 N–H and O–H groups in total. The largest absolute Gasteiger partial charge is 0.418 e. The van der Waals surface area contributed by atoms with Gasteiger partial charge < -0.3 is 24.2 Å². The zero-order valence-electron chi connectivity index (χ0n) is 24.9. The van der Waals surface area contributed by atoms with Gasteiger partial charge in [-0.15, -0.1) is 0 Å². The molecule has 0 bridgehead atoms. The molecule has 1 atom stereocenters. The molecule has 1 aliphatic heterocycles. The van der Waals surface area contributed by atoms with Crippen LogP contribution in [-0.2, 0) is 21.8 Å². The van der Waals surface area contributed by atoms with E-state index < -0.39 is 41.8 Å². The van der Waals surface area contributed by atoms with Crippen LogP contribution in [0.2, 0.25) is 0 Å². The zero-order valence-corrected chi connectivity index (χ0v) is 24.9. The average Bonchev–Trinajstić information content (AvgIpc) is 3.26. The third kappa shape index (κ3) is 11.7. The van der Waals surface area contributed by atoms with Gasteiger partial charge in [-0.2, -0.15) is 26.3 Å². The first kappa shape index (κ1) is 37.6. The summed E-state index contributed by atoms with van der Waals surface area (Å²) < 4.78 is 89.6. The Bertz CT molecular complexity index is 1390. The molecule has 2 aromatic heterocycles. The maximum Gasteiger partial charge on any atom is 0.418 e. The van der Waals surface area contributed by atoms with Crippen LogP contribution >= 0.6 is 0 Å². The molecule has 3 amide bonds. The van der Waals surface area contributed by atoms with E-state index in [-0.39, 0.29) is 30.2 Å². The summed E-state index contributed by atoms with van der Waals surface area (Å²) in [6, 6.07) is 10.6. The number of amides is 3. The Kier molecular flexibility index (Phi) is 14.0. The summed E-state index contributed by atoms with van der Waals surface area (Å²) in [5, 5.41) is 11.7. The maximum absolute atomic E-state index is 12.5. The first-order chi connectivity index (χ1) is 21.6. The summed E-state index contributed by atoms with van der Waals surface area (Å²) in [7, 11) is 4.70. The fourth-order valence-corrected chi connectivity index (χ4v) is 3.59. The van der Waals surface area contributed by atoms with E-state index in [9.17, 15) is 41.0 Å². The Morgan fingerprint density at radius 1 is 1.00 bits per heavy atom. The van der Waals surface area contributed by atoms with Crippen molar-refractivity contribution in [3.63, 3.8) is 0 Å². The minimum Gasteiger partial charge on any atom is -0.410 e. The smallest absolute Gasteiger partial charge is 0.410 e. The van der Waals surface area contributed by atoms with Gasteiger partial charge in [-0.25, -0.2) is 24.5 Å². The molecular weight excluding hydrogens is 628 g/mol. The second-order valence-corrected chi connectivity index (χ2v) is 9.21. The lowest BCUT2D eigenvalue weighted by Gasteiger charge is -2.19. The van der Waals surface area contributed by atoms with Gasteiger partial charge in [0.2, 0.25) is 0 Å². The molecule has 1 aromatic carbocycles. The van der Waals surface area contributed by atoms with Crippen molar-refractivity contribution in [1.82, 2.24) is 14.9 Å². The van der Waals surface area contributed by atoms with Crippen molar-refractivity contribution < 1.29 is 55.2 Å². The first-order valence-electron chi connectivity index (χ1n) is 13.3. The number of carbonyl (C=O) groups is 2. The van der Waals surface area contributed by atoms with Gasteiger partial charge in [-0.05, 0) is 36.4 Å². The number of benzene rings is 1. The fourth-order valence-electron chi connectivity index (χ4n) is 3.59. The number of hydrogen-bond acceptors (Lipinski definition) is 8. The van der Waals surface area contributed by atoms with E-state index in [2.05, 4.69) is 22.2 Å². The highest BCUT2D eigenvalue weighted by Crippen LogP contribution is 2.32. The first-order valence-corrected chi connectivity index (χ1v) is 13.3. The van der Waals surface area contributed by atoms with Crippen LogP contribution in [0, 0.1) is 6.92 Å². The third-order valence-electron chi connectivity index (χ3n) is 5.82.